The molecule has 0 bridgehead atoms. The Kier molecular flexibility index (Phi) is 17.6. The Labute approximate surface area is 266 Å². The van der Waals surface area contributed by atoms with Crippen molar-refractivity contribution < 1.29 is 13.6 Å². The molecule has 0 aromatic rings. The third-order valence-corrected chi connectivity index (χ3v) is 21.2. The minimum Gasteiger partial charge on any atom is -0.413 e. The maximum atomic E-state index is 12.2. The lowest BCUT2D eigenvalue weighted by atomic mass is 9.96. The first-order valence-electron chi connectivity index (χ1n) is 16.9. The minimum absolute atomic E-state index is 0.0897. The van der Waals surface area contributed by atoms with Crippen molar-refractivity contribution >= 4 is 30.5 Å². The average Bonchev–Trinajstić information content (AvgIpc) is 2.81. The number of carbonyl (C=O) groups is 1. The van der Waals surface area contributed by atoms with E-state index >= 15 is 0 Å². The highest BCUT2D eigenvalue weighted by atomic mass is 28.4. The summed E-state index contributed by atoms with van der Waals surface area (Å²) in [4.78, 5) is 12.2. The van der Waals surface area contributed by atoms with Gasteiger partial charge in [0.05, 0.1) is 14.2 Å². The Bertz CT molecular complexity index is 837. The van der Waals surface area contributed by atoms with E-state index in [4.69, 9.17) is 8.85 Å². The summed E-state index contributed by atoms with van der Waals surface area (Å²) in [6.45, 7) is 41.4. The molecule has 42 heavy (non-hydrogen) atoms. The maximum absolute atomic E-state index is 12.2. The van der Waals surface area contributed by atoms with Crippen LogP contribution in [-0.4, -0.2) is 42.7 Å². The Morgan fingerprint density at radius 3 is 1.76 bits per heavy atom. The lowest BCUT2D eigenvalue weighted by Gasteiger charge is -2.45. The minimum atomic E-state index is -2.03. The first kappa shape index (κ1) is 41.5. The number of Topliss-reactive ketones (excluding diaryl/α,β-unsaturated/α-hetero) is 1. The largest absolute Gasteiger partial charge is 0.413 e. The molecule has 246 valence electrons. The molecule has 0 aliphatic heterocycles. The van der Waals surface area contributed by atoms with Crippen molar-refractivity contribution in [1.29, 1.82) is 0 Å². The predicted octanol–water partition coefficient (Wildman–Crippen LogP) is 11.9. The van der Waals surface area contributed by atoms with Gasteiger partial charge < -0.3 is 8.85 Å². The molecule has 0 spiro atoms. The van der Waals surface area contributed by atoms with Gasteiger partial charge in [0.25, 0.3) is 0 Å². The van der Waals surface area contributed by atoms with Gasteiger partial charge in [0, 0.05) is 24.9 Å². The van der Waals surface area contributed by atoms with Gasteiger partial charge in [0.1, 0.15) is 5.78 Å². The van der Waals surface area contributed by atoms with E-state index in [-0.39, 0.29) is 23.0 Å². The van der Waals surface area contributed by atoms with Crippen molar-refractivity contribution in [2.24, 2.45) is 11.8 Å². The lowest BCUT2D eigenvalue weighted by molar-refractivity contribution is -0.118. The highest BCUT2D eigenvalue weighted by molar-refractivity contribution is 6.81. The number of rotatable bonds is 20. The van der Waals surface area contributed by atoms with Gasteiger partial charge >= 0.3 is 0 Å². The van der Waals surface area contributed by atoms with Gasteiger partial charge in [-0.05, 0) is 59.9 Å². The predicted molar refractivity (Wildman–Crippen MR) is 196 cm³/mol. The van der Waals surface area contributed by atoms with E-state index in [0.29, 0.717) is 41.3 Å². The molecule has 4 atom stereocenters. The van der Waals surface area contributed by atoms with Crippen LogP contribution in [-0.2, 0) is 13.6 Å². The first-order valence-corrected chi connectivity index (χ1v) is 25.5. The van der Waals surface area contributed by atoms with Crippen molar-refractivity contribution in [3.05, 3.63) is 36.6 Å². The average molecular weight is 637 g/mol. The van der Waals surface area contributed by atoms with E-state index in [1.165, 1.54) is 0 Å². The SMILES string of the molecule is C=CCC(=O)CCC[C@@H](C[C@H](C)/C=C/[C@@H](C)[C@@H](/C=C/[Si](C)(C)C)O[Si](C)(C)C(C)(C)C)O[Si](C(C)C)(C(C)C)C(C)C. The zero-order chi connectivity index (χ0) is 33.1. The molecular formula is C36H72O3Si3. The summed E-state index contributed by atoms with van der Waals surface area (Å²) in [6.07, 6.45) is 13.0. The Morgan fingerprint density at radius 2 is 1.33 bits per heavy atom. The monoisotopic (exact) mass is 636 g/mol. The molecule has 6 heteroatoms. The quantitative estimate of drug-likeness (QED) is 0.0985. The van der Waals surface area contributed by atoms with Crippen LogP contribution in [0.2, 0.25) is 54.4 Å². The molecule has 0 amide bonds. The van der Waals surface area contributed by atoms with Gasteiger partial charge in [-0.1, -0.05) is 126 Å². The van der Waals surface area contributed by atoms with Crippen molar-refractivity contribution in [3.8, 4) is 0 Å². The van der Waals surface area contributed by atoms with E-state index in [1.807, 2.05) is 0 Å². The zero-order valence-corrected chi connectivity index (χ0v) is 33.9. The fourth-order valence-electron chi connectivity index (χ4n) is 5.90. The normalized spacial score (nSPS) is 17.0. The van der Waals surface area contributed by atoms with Crippen LogP contribution < -0.4 is 0 Å². The number of hydrogen-bond acceptors (Lipinski definition) is 3. The molecule has 0 rings (SSSR count). The number of ketones is 1. The van der Waals surface area contributed by atoms with Crippen LogP contribution in [0.15, 0.2) is 36.6 Å². The van der Waals surface area contributed by atoms with Crippen molar-refractivity contribution in [3.63, 3.8) is 0 Å². The molecule has 0 aromatic carbocycles. The summed E-state index contributed by atoms with van der Waals surface area (Å²) < 4.78 is 14.3. The molecule has 3 nitrogen and oxygen atoms in total. The first-order chi connectivity index (χ1) is 19.0. The molecule has 0 unspecified atom stereocenters. The second kappa shape index (κ2) is 17.8. The van der Waals surface area contributed by atoms with Gasteiger partial charge in [0.15, 0.2) is 8.32 Å². The molecular weight excluding hydrogens is 565 g/mol. The van der Waals surface area contributed by atoms with Crippen LogP contribution in [0.1, 0.15) is 108 Å². The third-order valence-electron chi connectivity index (χ3n) is 9.35. The van der Waals surface area contributed by atoms with Crippen molar-refractivity contribution in [2.75, 3.05) is 0 Å². The van der Waals surface area contributed by atoms with Crippen LogP contribution in [0.25, 0.3) is 0 Å². The second-order valence-corrected chi connectivity index (χ2v) is 31.7. The van der Waals surface area contributed by atoms with Crippen LogP contribution >= 0.6 is 0 Å². The van der Waals surface area contributed by atoms with Gasteiger partial charge in [-0.3, -0.25) is 4.79 Å². The Balaban J connectivity index is 6.03. The molecule has 0 fully saturated rings. The fourth-order valence-corrected chi connectivity index (χ4v) is 13.6. The van der Waals surface area contributed by atoms with Gasteiger partial charge in [-0.25, -0.2) is 0 Å². The van der Waals surface area contributed by atoms with Gasteiger partial charge in [-0.2, -0.15) is 0 Å². The standard InChI is InChI=1S/C36H72O3Si3/c1-18-20-33(37)21-19-22-34(38-42(28(2)3,29(4)5)30(6)7)27-31(8)23-24-32(9)35(25-26-40(13,14)15)39-41(16,17)36(10,11)12/h18,23-26,28-32,34-35H,1,19-22,27H2,2-17H3/b24-23+,26-25+/t31-,32-,34+,35-/m1/s1. The van der Waals surface area contributed by atoms with Crippen LogP contribution in [0.5, 0.6) is 0 Å². The molecule has 0 N–H and O–H groups in total. The molecule has 0 radical (unpaired) electrons. The van der Waals surface area contributed by atoms with Crippen LogP contribution in [0.3, 0.4) is 0 Å². The highest BCUT2D eigenvalue weighted by Gasteiger charge is 2.46. The fraction of sp³-hybridized carbons (Fsp3) is 0.806. The summed E-state index contributed by atoms with van der Waals surface area (Å²) in [5.41, 5.74) is 4.07. The Hall–Kier alpha value is -0.539. The summed E-state index contributed by atoms with van der Waals surface area (Å²) in [5, 5.41) is 0.173. The summed E-state index contributed by atoms with van der Waals surface area (Å²) in [5.74, 6) is 0.958. The molecule has 0 aliphatic rings. The summed E-state index contributed by atoms with van der Waals surface area (Å²) in [7, 11) is -5.29. The second-order valence-electron chi connectivity index (χ2n) is 16.5. The molecule has 0 saturated heterocycles. The van der Waals surface area contributed by atoms with Crippen LogP contribution in [0.4, 0.5) is 0 Å². The number of hydrogen-bond donors (Lipinski definition) is 0. The zero-order valence-electron chi connectivity index (χ0n) is 30.9. The van der Waals surface area contributed by atoms with E-state index in [0.717, 1.165) is 19.3 Å². The van der Waals surface area contributed by atoms with Crippen molar-refractivity contribution in [1.82, 2.24) is 0 Å². The number of allylic oxidation sites excluding steroid dienone is 2. The Morgan fingerprint density at radius 1 is 0.810 bits per heavy atom. The molecule has 0 heterocycles. The van der Waals surface area contributed by atoms with E-state index < -0.39 is 24.7 Å². The van der Waals surface area contributed by atoms with Gasteiger partial charge in [-0.15, -0.1) is 6.58 Å². The molecule has 0 aromatic heterocycles. The smallest absolute Gasteiger partial charge is 0.200 e. The van der Waals surface area contributed by atoms with Gasteiger partial charge in [0.2, 0.25) is 8.32 Å². The van der Waals surface area contributed by atoms with E-state index in [1.54, 1.807) is 6.08 Å². The summed E-state index contributed by atoms with van der Waals surface area (Å²) in [6, 6.07) is 0. The van der Waals surface area contributed by atoms with E-state index in [2.05, 4.69) is 139 Å². The molecule has 0 aliphatic carbocycles. The maximum Gasteiger partial charge on any atom is 0.200 e. The number of carbonyl (C=O) groups excluding carboxylic acids is 1. The lowest BCUT2D eigenvalue weighted by Crippen LogP contribution is -2.50. The highest BCUT2D eigenvalue weighted by Crippen LogP contribution is 2.44. The topological polar surface area (TPSA) is 35.5 Å². The third kappa shape index (κ3) is 14.0. The summed E-state index contributed by atoms with van der Waals surface area (Å²) >= 11 is 0. The molecule has 0 saturated carbocycles. The van der Waals surface area contributed by atoms with Crippen molar-refractivity contribution in [2.45, 2.75) is 175 Å². The van der Waals surface area contributed by atoms with Crippen LogP contribution in [0, 0.1) is 11.8 Å². The van der Waals surface area contributed by atoms with E-state index in [9.17, 15) is 4.79 Å².